The predicted octanol–water partition coefficient (Wildman–Crippen LogP) is 1.82. The quantitative estimate of drug-likeness (QED) is 0.760. The van der Waals surface area contributed by atoms with E-state index in [-0.39, 0.29) is 11.7 Å². The summed E-state index contributed by atoms with van der Waals surface area (Å²) in [6, 6.07) is 1.44. The van der Waals surface area contributed by atoms with Gasteiger partial charge in [0.2, 0.25) is 11.7 Å². The Balaban J connectivity index is 1.63. The number of aromatic nitrogens is 1. The third kappa shape index (κ3) is 5.58. The molecule has 127 valence electrons. The van der Waals surface area contributed by atoms with E-state index in [0.29, 0.717) is 24.8 Å². The molecule has 1 aliphatic carbocycles. The fraction of sp³-hybridized carbons (Fsp3) is 0.625. The molecule has 1 aromatic heterocycles. The van der Waals surface area contributed by atoms with Crippen molar-refractivity contribution in [1.29, 1.82) is 0 Å². The molecule has 0 atom stereocenters. The SMILES string of the molecule is CN(CCNc1cc(C(N)=O)on1)C(=O)[CH]CC1CCCCC1. The Kier molecular flexibility index (Phi) is 6.43. The maximum absolute atomic E-state index is 12.1. The highest BCUT2D eigenvalue weighted by molar-refractivity contribution is 5.90. The first-order valence-corrected chi connectivity index (χ1v) is 8.15. The van der Waals surface area contributed by atoms with Crippen LogP contribution in [0, 0.1) is 12.3 Å². The second kappa shape index (κ2) is 8.55. The van der Waals surface area contributed by atoms with Crippen LogP contribution in [0.1, 0.15) is 49.1 Å². The molecule has 0 aliphatic heterocycles. The van der Waals surface area contributed by atoms with Gasteiger partial charge in [0.25, 0.3) is 5.91 Å². The molecule has 0 aromatic carbocycles. The van der Waals surface area contributed by atoms with Gasteiger partial charge in [-0.3, -0.25) is 9.59 Å². The summed E-state index contributed by atoms with van der Waals surface area (Å²) in [5.41, 5.74) is 5.08. The number of nitrogens with one attached hydrogen (secondary N) is 1. The topological polar surface area (TPSA) is 101 Å². The zero-order chi connectivity index (χ0) is 16.7. The number of amides is 2. The summed E-state index contributed by atoms with van der Waals surface area (Å²) in [6.45, 7) is 1.06. The van der Waals surface area contributed by atoms with E-state index in [1.54, 1.807) is 18.4 Å². The first-order chi connectivity index (χ1) is 11.1. The molecule has 1 saturated carbocycles. The molecule has 7 nitrogen and oxygen atoms in total. The minimum absolute atomic E-state index is 0.0118. The number of hydrogen-bond donors (Lipinski definition) is 2. The number of anilines is 1. The Morgan fingerprint density at radius 1 is 1.43 bits per heavy atom. The normalized spacial score (nSPS) is 15.3. The summed E-state index contributed by atoms with van der Waals surface area (Å²) < 4.78 is 4.76. The van der Waals surface area contributed by atoms with Crippen LogP contribution >= 0.6 is 0 Å². The third-order valence-corrected chi connectivity index (χ3v) is 4.23. The Bertz CT molecular complexity index is 523. The molecule has 2 rings (SSSR count). The van der Waals surface area contributed by atoms with Crippen LogP contribution in [0.4, 0.5) is 5.82 Å². The average Bonchev–Trinajstić information content (AvgIpc) is 3.02. The second-order valence-corrected chi connectivity index (χ2v) is 6.07. The largest absolute Gasteiger partial charge is 0.365 e. The molecule has 0 bridgehead atoms. The monoisotopic (exact) mass is 321 g/mol. The van der Waals surface area contributed by atoms with Gasteiger partial charge < -0.3 is 20.5 Å². The van der Waals surface area contributed by atoms with Crippen molar-refractivity contribution in [3.05, 3.63) is 18.2 Å². The van der Waals surface area contributed by atoms with E-state index < -0.39 is 5.91 Å². The van der Waals surface area contributed by atoms with Gasteiger partial charge in [-0.2, -0.15) is 0 Å². The summed E-state index contributed by atoms with van der Waals surface area (Å²) in [5, 5.41) is 6.67. The highest BCUT2D eigenvalue weighted by atomic mass is 16.5. The molecule has 0 spiro atoms. The van der Waals surface area contributed by atoms with Gasteiger partial charge in [-0.1, -0.05) is 37.3 Å². The molecule has 1 aliphatic rings. The van der Waals surface area contributed by atoms with E-state index in [2.05, 4.69) is 10.5 Å². The van der Waals surface area contributed by atoms with Crippen LogP contribution in [-0.2, 0) is 4.79 Å². The van der Waals surface area contributed by atoms with Crippen LogP contribution in [-0.4, -0.2) is 42.0 Å². The van der Waals surface area contributed by atoms with Crippen molar-refractivity contribution in [2.75, 3.05) is 25.5 Å². The Morgan fingerprint density at radius 3 is 2.83 bits per heavy atom. The molecule has 0 unspecified atom stereocenters. The Hall–Kier alpha value is -2.05. The van der Waals surface area contributed by atoms with E-state index in [0.717, 1.165) is 6.42 Å². The van der Waals surface area contributed by atoms with Crippen LogP contribution < -0.4 is 11.1 Å². The Labute approximate surface area is 136 Å². The number of primary amides is 1. The molecular formula is C16H25N4O3. The Morgan fingerprint density at radius 2 is 2.17 bits per heavy atom. The van der Waals surface area contributed by atoms with Gasteiger partial charge in [-0.25, -0.2) is 0 Å². The van der Waals surface area contributed by atoms with E-state index in [1.165, 1.54) is 38.2 Å². The molecule has 3 N–H and O–H groups in total. The molecule has 23 heavy (non-hydrogen) atoms. The highest BCUT2D eigenvalue weighted by Crippen LogP contribution is 2.27. The highest BCUT2D eigenvalue weighted by Gasteiger charge is 2.17. The zero-order valence-corrected chi connectivity index (χ0v) is 13.6. The summed E-state index contributed by atoms with van der Waals surface area (Å²) in [6.07, 6.45) is 9.07. The molecule has 2 amide bonds. The first kappa shape index (κ1) is 17.3. The van der Waals surface area contributed by atoms with Gasteiger partial charge in [0.05, 0.1) is 0 Å². The van der Waals surface area contributed by atoms with Crippen molar-refractivity contribution < 1.29 is 14.1 Å². The third-order valence-electron chi connectivity index (χ3n) is 4.23. The maximum atomic E-state index is 12.1. The van der Waals surface area contributed by atoms with E-state index >= 15 is 0 Å². The van der Waals surface area contributed by atoms with Gasteiger partial charge in [0.1, 0.15) is 0 Å². The van der Waals surface area contributed by atoms with Gasteiger partial charge in [0.15, 0.2) is 5.82 Å². The zero-order valence-electron chi connectivity index (χ0n) is 13.6. The number of likely N-dealkylation sites (N-methyl/N-ethyl adjacent to an activating group) is 1. The lowest BCUT2D eigenvalue weighted by molar-refractivity contribution is -0.126. The molecule has 1 aromatic rings. The summed E-state index contributed by atoms with van der Waals surface area (Å²) in [4.78, 5) is 24.6. The average molecular weight is 321 g/mol. The maximum Gasteiger partial charge on any atom is 0.287 e. The lowest BCUT2D eigenvalue weighted by atomic mass is 9.86. The molecule has 1 fully saturated rings. The van der Waals surface area contributed by atoms with Gasteiger partial charge >= 0.3 is 0 Å². The van der Waals surface area contributed by atoms with Crippen LogP contribution in [0.5, 0.6) is 0 Å². The van der Waals surface area contributed by atoms with Crippen LogP contribution in [0.3, 0.4) is 0 Å². The van der Waals surface area contributed by atoms with E-state index in [1.807, 2.05) is 0 Å². The minimum atomic E-state index is -0.657. The summed E-state index contributed by atoms with van der Waals surface area (Å²) >= 11 is 0. The first-order valence-electron chi connectivity index (χ1n) is 8.15. The van der Waals surface area contributed by atoms with Crippen molar-refractivity contribution in [2.45, 2.75) is 38.5 Å². The molecular weight excluding hydrogens is 296 g/mol. The lowest BCUT2D eigenvalue weighted by Gasteiger charge is -2.22. The number of carbonyl (C=O) groups excluding carboxylic acids is 2. The van der Waals surface area contributed by atoms with Gasteiger partial charge in [-0.05, 0) is 12.3 Å². The standard InChI is InChI=1S/C16H25N4O3/c1-20(15(21)8-7-12-5-3-2-4-6-12)10-9-18-14-11-13(16(17)22)23-19-14/h8,11-12H,2-7,9-10H2,1H3,(H2,17,22)(H,18,19). The molecule has 1 heterocycles. The minimum Gasteiger partial charge on any atom is -0.365 e. The second-order valence-electron chi connectivity index (χ2n) is 6.07. The number of hydrogen-bond acceptors (Lipinski definition) is 5. The summed E-state index contributed by atoms with van der Waals surface area (Å²) in [7, 11) is 1.78. The van der Waals surface area contributed by atoms with Crippen molar-refractivity contribution in [3.8, 4) is 0 Å². The number of rotatable bonds is 8. The number of nitrogens with zero attached hydrogens (tertiary/aromatic N) is 2. The fourth-order valence-electron chi connectivity index (χ4n) is 2.78. The number of nitrogens with two attached hydrogens (primary N) is 1. The van der Waals surface area contributed by atoms with Gasteiger partial charge in [-0.15, -0.1) is 0 Å². The predicted molar refractivity (Wildman–Crippen MR) is 86.6 cm³/mol. The lowest BCUT2D eigenvalue weighted by Crippen LogP contribution is -2.32. The fourth-order valence-corrected chi connectivity index (χ4v) is 2.78. The number of carbonyl (C=O) groups is 2. The molecule has 1 radical (unpaired) electrons. The van der Waals surface area contributed by atoms with Gasteiger partial charge in [0, 0.05) is 32.6 Å². The van der Waals surface area contributed by atoms with Crippen molar-refractivity contribution in [2.24, 2.45) is 11.7 Å². The van der Waals surface area contributed by atoms with Crippen molar-refractivity contribution in [1.82, 2.24) is 10.1 Å². The molecule has 7 heteroatoms. The smallest absolute Gasteiger partial charge is 0.287 e. The van der Waals surface area contributed by atoms with Crippen LogP contribution in [0.2, 0.25) is 0 Å². The van der Waals surface area contributed by atoms with E-state index in [9.17, 15) is 9.59 Å². The van der Waals surface area contributed by atoms with Crippen molar-refractivity contribution in [3.63, 3.8) is 0 Å². The van der Waals surface area contributed by atoms with Crippen molar-refractivity contribution >= 4 is 17.6 Å². The molecule has 0 saturated heterocycles. The van der Waals surface area contributed by atoms with Crippen LogP contribution in [0.25, 0.3) is 0 Å². The summed E-state index contributed by atoms with van der Waals surface area (Å²) in [5.74, 6) is 0.510. The van der Waals surface area contributed by atoms with E-state index in [4.69, 9.17) is 10.3 Å². The van der Waals surface area contributed by atoms with Crippen LogP contribution in [0.15, 0.2) is 10.6 Å².